The van der Waals surface area contributed by atoms with E-state index in [1.54, 1.807) is 0 Å². The molecule has 0 aliphatic rings. The molecule has 2 aromatic carbocycles. The molecule has 0 spiro atoms. The first kappa shape index (κ1) is 18.5. The molecular weight excluding hydrogens is 292 g/mol. The van der Waals surface area contributed by atoms with E-state index in [9.17, 15) is 0 Å². The molecule has 0 aliphatic carbocycles. The summed E-state index contributed by atoms with van der Waals surface area (Å²) in [6, 6.07) is 21.5. The number of rotatable bonds is 11. The van der Waals surface area contributed by atoms with Crippen LogP contribution in [0, 0.1) is 0 Å². The predicted molar refractivity (Wildman–Crippen MR) is 106 cm³/mol. The van der Waals surface area contributed by atoms with Gasteiger partial charge in [-0.15, -0.1) is 0 Å². The Hall–Kier alpha value is -1.80. The minimum Gasteiger partial charge on any atom is -0.341 e. The lowest BCUT2D eigenvalue weighted by atomic mass is 10.2. The number of unbranched alkanes of at least 4 members (excludes halogenated alkanes) is 1. The number of hydrogen-bond acceptors (Lipinski definition) is 2. The fraction of sp³-hybridized carbons (Fsp3) is 0.455. The van der Waals surface area contributed by atoms with E-state index < -0.39 is 0 Å². The van der Waals surface area contributed by atoms with Crippen LogP contribution < -0.4 is 4.90 Å². The molecule has 0 amide bonds. The Bertz CT molecular complexity index is 493. The Morgan fingerprint density at radius 3 is 1.50 bits per heavy atom. The van der Waals surface area contributed by atoms with Gasteiger partial charge in [0.25, 0.3) is 0 Å². The van der Waals surface area contributed by atoms with Crippen molar-refractivity contribution in [2.24, 2.45) is 0 Å². The van der Waals surface area contributed by atoms with Crippen LogP contribution in [0.15, 0.2) is 60.7 Å². The minimum atomic E-state index is 1.07. The van der Waals surface area contributed by atoms with Crippen LogP contribution in [0.3, 0.4) is 0 Å². The van der Waals surface area contributed by atoms with Crippen LogP contribution in [0.5, 0.6) is 0 Å². The Balaban J connectivity index is 1.92. The quantitative estimate of drug-likeness (QED) is 0.487. The van der Waals surface area contributed by atoms with E-state index in [1.165, 1.54) is 56.7 Å². The van der Waals surface area contributed by atoms with E-state index in [-0.39, 0.29) is 0 Å². The monoisotopic (exact) mass is 324 g/mol. The molecule has 2 nitrogen and oxygen atoms in total. The number of benzene rings is 2. The van der Waals surface area contributed by atoms with E-state index in [4.69, 9.17) is 0 Å². The highest BCUT2D eigenvalue weighted by Crippen LogP contribution is 2.25. The van der Waals surface area contributed by atoms with Gasteiger partial charge in [-0.05, 0) is 69.6 Å². The van der Waals surface area contributed by atoms with Crippen LogP contribution in [0.2, 0.25) is 0 Å². The molecule has 0 unspecified atom stereocenters. The molecule has 0 radical (unpaired) electrons. The number of anilines is 2. The molecule has 0 bridgehead atoms. The third-order valence-electron chi connectivity index (χ3n) is 4.32. The second-order valence-electron chi connectivity index (χ2n) is 6.37. The SMILES string of the molecule is CCCN(CCC)CCCCN(c1ccccc1)c1ccccc1. The van der Waals surface area contributed by atoms with E-state index in [2.05, 4.69) is 84.3 Å². The fourth-order valence-corrected chi connectivity index (χ4v) is 3.20. The van der Waals surface area contributed by atoms with Crippen molar-refractivity contribution in [1.82, 2.24) is 4.90 Å². The van der Waals surface area contributed by atoms with Crippen molar-refractivity contribution in [3.05, 3.63) is 60.7 Å². The first-order chi connectivity index (χ1) is 11.8. The Kier molecular flexibility index (Phi) is 8.40. The molecule has 0 saturated heterocycles. The summed E-state index contributed by atoms with van der Waals surface area (Å²) in [6.45, 7) is 9.30. The second kappa shape index (κ2) is 10.9. The van der Waals surface area contributed by atoms with Crippen LogP contribution in [0.4, 0.5) is 11.4 Å². The van der Waals surface area contributed by atoms with Crippen LogP contribution in [0.25, 0.3) is 0 Å². The lowest BCUT2D eigenvalue weighted by Gasteiger charge is -2.26. The number of para-hydroxylation sites is 2. The fourth-order valence-electron chi connectivity index (χ4n) is 3.20. The van der Waals surface area contributed by atoms with E-state index in [0.717, 1.165) is 6.54 Å². The van der Waals surface area contributed by atoms with Crippen LogP contribution >= 0.6 is 0 Å². The average Bonchev–Trinajstić information content (AvgIpc) is 2.63. The lowest BCUT2D eigenvalue weighted by molar-refractivity contribution is 0.269. The van der Waals surface area contributed by atoms with Crippen molar-refractivity contribution in [2.45, 2.75) is 39.5 Å². The first-order valence-electron chi connectivity index (χ1n) is 9.45. The Morgan fingerprint density at radius 1 is 0.583 bits per heavy atom. The highest BCUT2D eigenvalue weighted by molar-refractivity contribution is 5.62. The van der Waals surface area contributed by atoms with Gasteiger partial charge in [-0.2, -0.15) is 0 Å². The van der Waals surface area contributed by atoms with Gasteiger partial charge in [0.2, 0.25) is 0 Å². The van der Waals surface area contributed by atoms with Crippen molar-refractivity contribution >= 4 is 11.4 Å². The number of nitrogens with zero attached hydrogens (tertiary/aromatic N) is 2. The molecule has 24 heavy (non-hydrogen) atoms. The summed E-state index contributed by atoms with van der Waals surface area (Å²) < 4.78 is 0. The maximum Gasteiger partial charge on any atom is 0.0410 e. The highest BCUT2D eigenvalue weighted by Gasteiger charge is 2.09. The molecule has 0 atom stereocenters. The molecule has 0 saturated carbocycles. The summed E-state index contributed by atoms with van der Waals surface area (Å²) in [7, 11) is 0. The molecule has 0 aromatic heterocycles. The summed E-state index contributed by atoms with van der Waals surface area (Å²) >= 11 is 0. The number of hydrogen-bond donors (Lipinski definition) is 0. The van der Waals surface area contributed by atoms with Gasteiger partial charge in [-0.1, -0.05) is 50.2 Å². The molecule has 0 aliphatic heterocycles. The molecule has 2 rings (SSSR count). The second-order valence-corrected chi connectivity index (χ2v) is 6.37. The lowest BCUT2D eigenvalue weighted by Crippen LogP contribution is -2.27. The molecule has 2 aromatic rings. The summed E-state index contributed by atoms with van der Waals surface area (Å²) in [5.74, 6) is 0. The summed E-state index contributed by atoms with van der Waals surface area (Å²) in [4.78, 5) is 5.04. The summed E-state index contributed by atoms with van der Waals surface area (Å²) in [5.41, 5.74) is 2.56. The zero-order valence-electron chi connectivity index (χ0n) is 15.3. The largest absolute Gasteiger partial charge is 0.341 e. The highest BCUT2D eigenvalue weighted by atomic mass is 15.1. The van der Waals surface area contributed by atoms with Gasteiger partial charge >= 0.3 is 0 Å². The van der Waals surface area contributed by atoms with Crippen molar-refractivity contribution in [2.75, 3.05) is 31.1 Å². The average molecular weight is 325 g/mol. The first-order valence-corrected chi connectivity index (χ1v) is 9.45. The topological polar surface area (TPSA) is 6.48 Å². The zero-order valence-corrected chi connectivity index (χ0v) is 15.3. The van der Waals surface area contributed by atoms with Crippen LogP contribution in [-0.2, 0) is 0 Å². The van der Waals surface area contributed by atoms with Crippen LogP contribution in [0.1, 0.15) is 39.5 Å². The third-order valence-corrected chi connectivity index (χ3v) is 4.32. The molecule has 0 fully saturated rings. The zero-order chi connectivity index (χ0) is 17.0. The maximum atomic E-state index is 2.61. The molecular formula is C22H32N2. The minimum absolute atomic E-state index is 1.07. The van der Waals surface area contributed by atoms with Gasteiger partial charge in [0, 0.05) is 17.9 Å². The standard InChI is InChI=1S/C22H32N2/c1-3-17-23(18-4-2)19-11-12-20-24(21-13-7-5-8-14-21)22-15-9-6-10-16-22/h5-10,13-16H,3-4,11-12,17-20H2,1-2H3. The Morgan fingerprint density at radius 2 is 1.04 bits per heavy atom. The smallest absolute Gasteiger partial charge is 0.0410 e. The van der Waals surface area contributed by atoms with E-state index in [1.807, 2.05) is 0 Å². The normalized spacial score (nSPS) is 11.0. The van der Waals surface area contributed by atoms with E-state index >= 15 is 0 Å². The van der Waals surface area contributed by atoms with Gasteiger partial charge in [-0.25, -0.2) is 0 Å². The van der Waals surface area contributed by atoms with Gasteiger partial charge in [0.15, 0.2) is 0 Å². The maximum absolute atomic E-state index is 2.61. The van der Waals surface area contributed by atoms with Gasteiger partial charge in [0.05, 0.1) is 0 Å². The van der Waals surface area contributed by atoms with Crippen molar-refractivity contribution in [1.29, 1.82) is 0 Å². The predicted octanol–water partition coefficient (Wildman–Crippen LogP) is 5.73. The van der Waals surface area contributed by atoms with Crippen molar-refractivity contribution in [3.63, 3.8) is 0 Å². The summed E-state index contributed by atoms with van der Waals surface area (Å²) in [5, 5.41) is 0. The van der Waals surface area contributed by atoms with Crippen molar-refractivity contribution in [3.8, 4) is 0 Å². The molecule has 130 valence electrons. The van der Waals surface area contributed by atoms with Crippen molar-refractivity contribution < 1.29 is 0 Å². The molecule has 2 heteroatoms. The summed E-state index contributed by atoms with van der Waals surface area (Å²) in [6.07, 6.45) is 4.98. The molecule has 0 N–H and O–H groups in total. The molecule has 0 heterocycles. The van der Waals surface area contributed by atoms with Gasteiger partial charge in [-0.3, -0.25) is 0 Å². The van der Waals surface area contributed by atoms with Gasteiger partial charge in [0.1, 0.15) is 0 Å². The Labute approximate surface area is 148 Å². The van der Waals surface area contributed by atoms with E-state index in [0.29, 0.717) is 0 Å². The van der Waals surface area contributed by atoms with Crippen LogP contribution in [-0.4, -0.2) is 31.1 Å². The van der Waals surface area contributed by atoms with Gasteiger partial charge < -0.3 is 9.80 Å². The third kappa shape index (κ3) is 6.01.